The molecular weight excluding hydrogens is 382 g/mol. The first-order valence-electron chi connectivity index (χ1n) is 8.93. The standard InChI is InChI=1S/C19H21N3O5S/c1-14-3-2-12-21(13-14)28(26,27)18-10-6-16(7-11-18)20-19(23)15-4-8-17(9-5-15)22(24)25/h4-11,14H,2-3,12-13H2,1H3,(H,20,23). The van der Waals surface area contributed by atoms with Crippen molar-refractivity contribution in [3.05, 3.63) is 64.2 Å². The topological polar surface area (TPSA) is 110 Å². The minimum Gasteiger partial charge on any atom is -0.322 e. The Balaban J connectivity index is 1.70. The lowest BCUT2D eigenvalue weighted by atomic mass is 10.0. The molecule has 0 spiro atoms. The van der Waals surface area contributed by atoms with E-state index in [9.17, 15) is 23.3 Å². The molecule has 1 saturated heterocycles. The van der Waals surface area contributed by atoms with E-state index in [1.807, 2.05) is 6.92 Å². The third-order valence-electron chi connectivity index (χ3n) is 4.71. The number of nitro groups is 1. The van der Waals surface area contributed by atoms with Crippen LogP contribution >= 0.6 is 0 Å². The largest absolute Gasteiger partial charge is 0.322 e. The Kier molecular flexibility index (Phi) is 5.76. The Morgan fingerprint density at radius 3 is 2.36 bits per heavy atom. The first-order valence-corrected chi connectivity index (χ1v) is 10.4. The van der Waals surface area contributed by atoms with E-state index in [4.69, 9.17) is 0 Å². The van der Waals surface area contributed by atoms with Crippen LogP contribution in [-0.2, 0) is 10.0 Å². The van der Waals surface area contributed by atoms with E-state index in [1.165, 1.54) is 52.8 Å². The minimum atomic E-state index is -3.55. The summed E-state index contributed by atoms with van der Waals surface area (Å²) in [5.74, 6) is -0.0980. The molecule has 0 aliphatic carbocycles. The first-order chi connectivity index (χ1) is 13.3. The van der Waals surface area contributed by atoms with Gasteiger partial charge in [-0.2, -0.15) is 4.31 Å². The summed E-state index contributed by atoms with van der Waals surface area (Å²) in [6.45, 7) is 3.07. The molecule has 1 atom stereocenters. The number of hydrogen-bond donors (Lipinski definition) is 1. The molecule has 1 aliphatic rings. The summed E-state index contributed by atoms with van der Waals surface area (Å²) in [5.41, 5.74) is 0.608. The highest BCUT2D eigenvalue weighted by Gasteiger charge is 2.28. The number of carbonyl (C=O) groups is 1. The van der Waals surface area contributed by atoms with Crippen LogP contribution < -0.4 is 5.32 Å². The van der Waals surface area contributed by atoms with Crippen LogP contribution in [0.15, 0.2) is 53.4 Å². The molecule has 1 fully saturated rings. The zero-order valence-electron chi connectivity index (χ0n) is 15.4. The fraction of sp³-hybridized carbons (Fsp3) is 0.316. The van der Waals surface area contributed by atoms with Gasteiger partial charge in [0.15, 0.2) is 0 Å². The van der Waals surface area contributed by atoms with Gasteiger partial charge in [-0.15, -0.1) is 0 Å². The fourth-order valence-electron chi connectivity index (χ4n) is 3.16. The predicted molar refractivity (Wildman–Crippen MR) is 105 cm³/mol. The van der Waals surface area contributed by atoms with Gasteiger partial charge in [-0.1, -0.05) is 6.92 Å². The van der Waals surface area contributed by atoms with Gasteiger partial charge >= 0.3 is 0 Å². The summed E-state index contributed by atoms with van der Waals surface area (Å²) in [4.78, 5) is 22.6. The lowest BCUT2D eigenvalue weighted by Crippen LogP contribution is -2.39. The smallest absolute Gasteiger partial charge is 0.269 e. The van der Waals surface area contributed by atoms with Gasteiger partial charge in [0.1, 0.15) is 0 Å². The highest BCUT2D eigenvalue weighted by molar-refractivity contribution is 7.89. The van der Waals surface area contributed by atoms with Crippen molar-refractivity contribution in [1.29, 1.82) is 0 Å². The number of non-ortho nitro benzene ring substituents is 1. The van der Waals surface area contributed by atoms with Gasteiger partial charge in [0.25, 0.3) is 11.6 Å². The monoisotopic (exact) mass is 403 g/mol. The summed E-state index contributed by atoms with van der Waals surface area (Å²) in [7, 11) is -3.55. The summed E-state index contributed by atoms with van der Waals surface area (Å²) >= 11 is 0. The van der Waals surface area contributed by atoms with Crippen LogP contribution in [0.2, 0.25) is 0 Å². The SMILES string of the molecule is CC1CCCN(S(=O)(=O)c2ccc(NC(=O)c3ccc([N+](=O)[O-])cc3)cc2)C1. The van der Waals surface area contributed by atoms with E-state index in [0.717, 1.165) is 12.8 Å². The molecule has 1 N–H and O–H groups in total. The third kappa shape index (κ3) is 4.37. The van der Waals surface area contributed by atoms with Gasteiger partial charge in [-0.3, -0.25) is 14.9 Å². The summed E-state index contributed by atoms with van der Waals surface area (Å²) in [5, 5.41) is 13.3. The Bertz CT molecular complexity index is 972. The number of nitrogens with one attached hydrogen (secondary N) is 1. The second-order valence-corrected chi connectivity index (χ2v) is 8.83. The van der Waals surface area contributed by atoms with Crippen molar-refractivity contribution in [2.24, 2.45) is 5.92 Å². The molecule has 2 aromatic rings. The zero-order valence-corrected chi connectivity index (χ0v) is 16.2. The number of nitro benzene ring substituents is 1. The van der Waals surface area contributed by atoms with Crippen molar-refractivity contribution in [2.75, 3.05) is 18.4 Å². The van der Waals surface area contributed by atoms with Crippen molar-refractivity contribution in [1.82, 2.24) is 4.31 Å². The average Bonchev–Trinajstić information content (AvgIpc) is 2.68. The molecule has 0 aromatic heterocycles. The van der Waals surface area contributed by atoms with Crippen LogP contribution in [0.4, 0.5) is 11.4 Å². The fourth-order valence-corrected chi connectivity index (χ4v) is 4.76. The van der Waals surface area contributed by atoms with E-state index in [-0.39, 0.29) is 16.1 Å². The maximum atomic E-state index is 12.8. The Hall–Kier alpha value is -2.78. The average molecular weight is 403 g/mol. The molecule has 2 aromatic carbocycles. The highest BCUT2D eigenvalue weighted by atomic mass is 32.2. The number of piperidine rings is 1. The number of sulfonamides is 1. The maximum absolute atomic E-state index is 12.8. The van der Waals surface area contributed by atoms with E-state index >= 15 is 0 Å². The van der Waals surface area contributed by atoms with E-state index in [2.05, 4.69) is 5.32 Å². The van der Waals surface area contributed by atoms with Gasteiger partial charge in [-0.05, 0) is 55.2 Å². The molecule has 0 radical (unpaired) electrons. The Labute approximate surface area is 163 Å². The molecule has 1 heterocycles. The lowest BCUT2D eigenvalue weighted by Gasteiger charge is -2.30. The van der Waals surface area contributed by atoms with Gasteiger partial charge in [-0.25, -0.2) is 8.42 Å². The number of rotatable bonds is 5. The second-order valence-electron chi connectivity index (χ2n) is 6.89. The minimum absolute atomic E-state index is 0.0989. The summed E-state index contributed by atoms with van der Waals surface area (Å²) in [6.07, 6.45) is 1.88. The molecule has 3 rings (SSSR count). The number of hydrogen-bond acceptors (Lipinski definition) is 5. The number of carbonyl (C=O) groups excluding carboxylic acids is 1. The third-order valence-corrected chi connectivity index (χ3v) is 6.59. The van der Waals surface area contributed by atoms with Crippen molar-refractivity contribution in [3.8, 4) is 0 Å². The summed E-state index contributed by atoms with van der Waals surface area (Å²) in [6, 6.07) is 11.2. The van der Waals surface area contributed by atoms with Crippen LogP contribution in [0.1, 0.15) is 30.1 Å². The van der Waals surface area contributed by atoms with Crippen molar-refractivity contribution in [2.45, 2.75) is 24.7 Å². The molecule has 28 heavy (non-hydrogen) atoms. The number of amides is 1. The zero-order chi connectivity index (χ0) is 20.3. The van der Waals surface area contributed by atoms with Crippen LogP contribution in [0.25, 0.3) is 0 Å². The van der Waals surface area contributed by atoms with E-state index in [1.54, 1.807) is 0 Å². The molecule has 1 amide bonds. The molecule has 0 saturated carbocycles. The number of benzene rings is 2. The molecule has 9 heteroatoms. The highest BCUT2D eigenvalue weighted by Crippen LogP contribution is 2.24. The van der Waals surface area contributed by atoms with Crippen LogP contribution in [0.3, 0.4) is 0 Å². The second kappa shape index (κ2) is 8.07. The predicted octanol–water partition coefficient (Wildman–Crippen LogP) is 3.27. The molecular formula is C19H21N3O5S. The molecule has 0 bridgehead atoms. The Morgan fingerprint density at radius 1 is 1.14 bits per heavy atom. The van der Waals surface area contributed by atoms with Crippen LogP contribution in [-0.4, -0.2) is 36.6 Å². The Morgan fingerprint density at radius 2 is 1.79 bits per heavy atom. The van der Waals surface area contributed by atoms with Crippen molar-refractivity contribution < 1.29 is 18.1 Å². The molecule has 8 nitrogen and oxygen atoms in total. The number of nitrogens with zero attached hydrogens (tertiary/aromatic N) is 2. The first kappa shape index (κ1) is 20.0. The van der Waals surface area contributed by atoms with Gasteiger partial charge in [0.05, 0.1) is 9.82 Å². The number of anilines is 1. The van der Waals surface area contributed by atoms with E-state index < -0.39 is 20.9 Å². The lowest BCUT2D eigenvalue weighted by molar-refractivity contribution is -0.384. The van der Waals surface area contributed by atoms with Gasteiger partial charge in [0, 0.05) is 36.5 Å². The van der Waals surface area contributed by atoms with Crippen LogP contribution in [0, 0.1) is 16.0 Å². The molecule has 1 aliphatic heterocycles. The molecule has 1 unspecified atom stereocenters. The molecule has 148 valence electrons. The normalized spacial score (nSPS) is 17.8. The van der Waals surface area contributed by atoms with Crippen molar-refractivity contribution in [3.63, 3.8) is 0 Å². The maximum Gasteiger partial charge on any atom is 0.269 e. The van der Waals surface area contributed by atoms with Gasteiger partial charge < -0.3 is 5.32 Å². The quantitative estimate of drug-likeness (QED) is 0.609. The van der Waals surface area contributed by atoms with E-state index in [0.29, 0.717) is 24.7 Å². The van der Waals surface area contributed by atoms with Crippen LogP contribution in [0.5, 0.6) is 0 Å². The van der Waals surface area contributed by atoms with Crippen molar-refractivity contribution >= 4 is 27.3 Å². The summed E-state index contributed by atoms with van der Waals surface area (Å²) < 4.78 is 27.0. The van der Waals surface area contributed by atoms with Gasteiger partial charge in [0.2, 0.25) is 10.0 Å².